The van der Waals surface area contributed by atoms with Crippen molar-refractivity contribution < 1.29 is 17.9 Å². The number of alkyl halides is 3. The number of methoxy groups -OCH3 is 1. The van der Waals surface area contributed by atoms with Crippen molar-refractivity contribution >= 4 is 0 Å². The lowest BCUT2D eigenvalue weighted by Gasteiger charge is -2.31. The topological polar surface area (TPSA) is 9.23 Å². The second-order valence-corrected chi connectivity index (χ2v) is 3.21. The minimum atomic E-state index is -4.08. The van der Waals surface area contributed by atoms with E-state index in [1.165, 1.54) is 7.11 Å². The zero-order valence-electron chi connectivity index (χ0n) is 7.03. The molecule has 1 aliphatic carbocycles. The third-order valence-corrected chi connectivity index (χ3v) is 2.43. The fourth-order valence-corrected chi connectivity index (χ4v) is 1.75. The molecule has 0 aromatic heterocycles. The first kappa shape index (κ1) is 9.84. The van der Waals surface area contributed by atoms with Gasteiger partial charge >= 0.3 is 6.18 Å². The lowest BCUT2D eigenvalue weighted by Crippen LogP contribution is -2.37. The minimum Gasteiger partial charge on any atom is -0.381 e. The van der Waals surface area contributed by atoms with Gasteiger partial charge < -0.3 is 4.74 Å². The number of rotatable bonds is 1. The third-order valence-electron chi connectivity index (χ3n) is 2.43. The van der Waals surface area contributed by atoms with E-state index in [4.69, 9.17) is 4.74 Å². The molecule has 0 amide bonds. The van der Waals surface area contributed by atoms with E-state index < -0.39 is 18.2 Å². The second-order valence-electron chi connectivity index (χ2n) is 3.21. The summed E-state index contributed by atoms with van der Waals surface area (Å²) in [4.78, 5) is 0. The molecule has 2 atom stereocenters. The van der Waals surface area contributed by atoms with Crippen LogP contribution < -0.4 is 0 Å². The Morgan fingerprint density at radius 1 is 1.17 bits per heavy atom. The fourth-order valence-electron chi connectivity index (χ4n) is 1.75. The predicted molar refractivity (Wildman–Crippen MR) is 38.8 cm³/mol. The lowest BCUT2D eigenvalue weighted by molar-refractivity contribution is -0.212. The van der Waals surface area contributed by atoms with E-state index in [1.807, 2.05) is 0 Å². The SMILES string of the molecule is COC1CCCCC1C(F)(F)F. The largest absolute Gasteiger partial charge is 0.394 e. The summed E-state index contributed by atoms with van der Waals surface area (Å²) >= 11 is 0. The molecule has 2 unspecified atom stereocenters. The Bertz CT molecular complexity index is 144. The minimum absolute atomic E-state index is 0.224. The molecule has 0 radical (unpaired) electrons. The van der Waals surface area contributed by atoms with Crippen LogP contribution in [0.25, 0.3) is 0 Å². The molecular weight excluding hydrogens is 169 g/mol. The molecule has 0 bridgehead atoms. The quantitative estimate of drug-likeness (QED) is 0.605. The first-order chi connectivity index (χ1) is 5.55. The molecule has 1 fully saturated rings. The molecule has 0 aromatic carbocycles. The Hall–Kier alpha value is -0.250. The molecule has 72 valence electrons. The molecule has 1 rings (SSSR count). The Balaban J connectivity index is 2.59. The lowest BCUT2D eigenvalue weighted by atomic mass is 9.86. The third kappa shape index (κ3) is 2.12. The van der Waals surface area contributed by atoms with Gasteiger partial charge in [-0.25, -0.2) is 0 Å². The van der Waals surface area contributed by atoms with E-state index in [9.17, 15) is 13.2 Å². The van der Waals surface area contributed by atoms with Gasteiger partial charge in [0.2, 0.25) is 0 Å². The van der Waals surface area contributed by atoms with Gasteiger partial charge in [-0.05, 0) is 12.8 Å². The zero-order chi connectivity index (χ0) is 9.19. The molecule has 4 heteroatoms. The highest BCUT2D eigenvalue weighted by Crippen LogP contribution is 2.38. The molecule has 1 aliphatic rings. The molecule has 0 N–H and O–H groups in total. The van der Waals surface area contributed by atoms with Crippen LogP contribution in [0.2, 0.25) is 0 Å². The number of halogens is 3. The summed E-state index contributed by atoms with van der Waals surface area (Å²) < 4.78 is 41.7. The zero-order valence-corrected chi connectivity index (χ0v) is 7.03. The van der Waals surface area contributed by atoms with Gasteiger partial charge in [-0.1, -0.05) is 12.8 Å². The monoisotopic (exact) mass is 182 g/mol. The summed E-state index contributed by atoms with van der Waals surface area (Å²) in [6, 6.07) is 0. The van der Waals surface area contributed by atoms with E-state index in [-0.39, 0.29) is 6.42 Å². The number of ether oxygens (including phenoxy) is 1. The van der Waals surface area contributed by atoms with Crippen LogP contribution in [0.4, 0.5) is 13.2 Å². The van der Waals surface area contributed by atoms with Gasteiger partial charge in [-0.2, -0.15) is 13.2 Å². The van der Waals surface area contributed by atoms with Crippen LogP contribution in [-0.4, -0.2) is 19.4 Å². The highest BCUT2D eigenvalue weighted by atomic mass is 19.4. The van der Waals surface area contributed by atoms with Crippen LogP contribution in [0.5, 0.6) is 0 Å². The van der Waals surface area contributed by atoms with Gasteiger partial charge in [0.1, 0.15) is 0 Å². The molecule has 0 spiro atoms. The molecular formula is C8H13F3O. The molecule has 0 aromatic rings. The van der Waals surface area contributed by atoms with Gasteiger partial charge in [-0.15, -0.1) is 0 Å². The summed E-state index contributed by atoms with van der Waals surface area (Å²) in [5, 5.41) is 0. The van der Waals surface area contributed by atoms with Gasteiger partial charge in [0.15, 0.2) is 0 Å². The average Bonchev–Trinajstić information content (AvgIpc) is 2.03. The van der Waals surface area contributed by atoms with Gasteiger partial charge in [-0.3, -0.25) is 0 Å². The number of hydrogen-bond donors (Lipinski definition) is 0. The van der Waals surface area contributed by atoms with Gasteiger partial charge in [0.25, 0.3) is 0 Å². The van der Waals surface area contributed by atoms with Crippen molar-refractivity contribution in [1.29, 1.82) is 0 Å². The van der Waals surface area contributed by atoms with Crippen LogP contribution in [0, 0.1) is 5.92 Å². The van der Waals surface area contributed by atoms with E-state index in [0.29, 0.717) is 12.8 Å². The Morgan fingerprint density at radius 3 is 2.17 bits per heavy atom. The van der Waals surface area contributed by atoms with Gasteiger partial charge in [0, 0.05) is 7.11 Å². The van der Waals surface area contributed by atoms with E-state index in [2.05, 4.69) is 0 Å². The smallest absolute Gasteiger partial charge is 0.381 e. The van der Waals surface area contributed by atoms with Crippen LogP contribution >= 0.6 is 0 Å². The first-order valence-corrected chi connectivity index (χ1v) is 4.15. The maximum Gasteiger partial charge on any atom is 0.394 e. The average molecular weight is 182 g/mol. The highest BCUT2D eigenvalue weighted by Gasteiger charge is 2.45. The van der Waals surface area contributed by atoms with Crippen molar-refractivity contribution in [3.8, 4) is 0 Å². The standard InChI is InChI=1S/C8H13F3O/c1-12-7-5-3-2-4-6(7)8(9,10)11/h6-7H,2-5H2,1H3. The van der Waals surface area contributed by atoms with Crippen molar-refractivity contribution in [2.24, 2.45) is 5.92 Å². The summed E-state index contributed by atoms with van der Waals surface area (Å²) in [6.45, 7) is 0. The maximum absolute atomic E-state index is 12.3. The molecule has 0 aliphatic heterocycles. The van der Waals surface area contributed by atoms with Crippen molar-refractivity contribution in [2.75, 3.05) is 7.11 Å². The maximum atomic E-state index is 12.3. The highest BCUT2D eigenvalue weighted by molar-refractivity contribution is 4.80. The van der Waals surface area contributed by atoms with Crippen LogP contribution in [0.15, 0.2) is 0 Å². The van der Waals surface area contributed by atoms with E-state index in [1.54, 1.807) is 0 Å². The predicted octanol–water partition coefficient (Wildman–Crippen LogP) is 2.75. The van der Waals surface area contributed by atoms with Crippen molar-refractivity contribution in [2.45, 2.75) is 38.0 Å². The molecule has 1 nitrogen and oxygen atoms in total. The number of hydrogen-bond acceptors (Lipinski definition) is 1. The summed E-state index contributed by atoms with van der Waals surface area (Å²) in [6.07, 6.45) is -2.41. The molecule has 0 heterocycles. The van der Waals surface area contributed by atoms with Crippen LogP contribution in [-0.2, 0) is 4.74 Å². The fraction of sp³-hybridized carbons (Fsp3) is 1.00. The Labute approximate surface area is 69.9 Å². The van der Waals surface area contributed by atoms with Crippen molar-refractivity contribution in [3.63, 3.8) is 0 Å². The van der Waals surface area contributed by atoms with Gasteiger partial charge in [0.05, 0.1) is 12.0 Å². The first-order valence-electron chi connectivity index (χ1n) is 4.15. The molecule has 1 saturated carbocycles. The Morgan fingerprint density at radius 2 is 1.75 bits per heavy atom. The van der Waals surface area contributed by atoms with Crippen LogP contribution in [0.1, 0.15) is 25.7 Å². The van der Waals surface area contributed by atoms with Crippen molar-refractivity contribution in [1.82, 2.24) is 0 Å². The molecule has 0 saturated heterocycles. The van der Waals surface area contributed by atoms with E-state index >= 15 is 0 Å². The van der Waals surface area contributed by atoms with E-state index in [0.717, 1.165) is 6.42 Å². The molecule has 12 heavy (non-hydrogen) atoms. The normalized spacial score (nSPS) is 32.0. The summed E-state index contributed by atoms with van der Waals surface area (Å²) in [5.74, 6) is -1.24. The summed E-state index contributed by atoms with van der Waals surface area (Å²) in [5.41, 5.74) is 0. The Kier molecular flexibility index (Phi) is 2.99. The van der Waals surface area contributed by atoms with Crippen molar-refractivity contribution in [3.05, 3.63) is 0 Å². The van der Waals surface area contributed by atoms with Crippen LogP contribution in [0.3, 0.4) is 0 Å². The second kappa shape index (κ2) is 3.64. The summed E-state index contributed by atoms with van der Waals surface area (Å²) in [7, 11) is 1.36.